The van der Waals surface area contributed by atoms with Gasteiger partial charge in [0.15, 0.2) is 5.78 Å². The highest BCUT2D eigenvalue weighted by atomic mass is 16.1. The Morgan fingerprint density at radius 2 is 2.35 bits per heavy atom. The number of nitrogens with zero attached hydrogens (tertiary/aromatic N) is 2. The lowest BCUT2D eigenvalue weighted by molar-refractivity contribution is -0.117. The zero-order valence-corrected chi connectivity index (χ0v) is 10.4. The summed E-state index contributed by atoms with van der Waals surface area (Å²) < 4.78 is 0. The van der Waals surface area contributed by atoms with Gasteiger partial charge in [0, 0.05) is 32.2 Å². The zero-order valence-electron chi connectivity index (χ0n) is 10.4. The van der Waals surface area contributed by atoms with Crippen LogP contribution < -0.4 is 10.6 Å². The Balaban J connectivity index is 2.52. The molecule has 1 heterocycles. The molecule has 1 rings (SSSR count). The topological polar surface area (TPSA) is 68.2 Å². The molecule has 0 spiro atoms. The Bertz CT molecular complexity index is 313. The Morgan fingerprint density at radius 3 is 2.88 bits per heavy atom. The van der Waals surface area contributed by atoms with Gasteiger partial charge in [0.25, 0.3) is 0 Å². The van der Waals surface area contributed by atoms with Gasteiger partial charge in [0.2, 0.25) is 0 Å². The molecule has 94 valence electrons. The summed E-state index contributed by atoms with van der Waals surface area (Å²) in [5.41, 5.74) is 0. The fourth-order valence-electron chi connectivity index (χ4n) is 1.75. The van der Waals surface area contributed by atoms with E-state index in [1.54, 1.807) is 6.08 Å². The third-order valence-corrected chi connectivity index (χ3v) is 2.67. The summed E-state index contributed by atoms with van der Waals surface area (Å²) in [6.07, 6.45) is 3.31. The molecule has 2 atom stereocenters. The molecule has 0 amide bonds. The number of carbonyl (C=O) groups is 1. The van der Waals surface area contributed by atoms with Crippen molar-refractivity contribution in [1.29, 1.82) is 5.26 Å². The predicted octanol–water partition coefficient (Wildman–Crippen LogP) is -0.626. The summed E-state index contributed by atoms with van der Waals surface area (Å²) in [6, 6.07) is 2.01. The van der Waals surface area contributed by atoms with E-state index in [0.717, 1.165) is 13.1 Å². The van der Waals surface area contributed by atoms with Gasteiger partial charge in [-0.2, -0.15) is 5.26 Å². The number of rotatable bonds is 5. The maximum atomic E-state index is 11.9. The Kier molecular flexibility index (Phi) is 5.84. The van der Waals surface area contributed by atoms with E-state index in [9.17, 15) is 4.79 Å². The van der Waals surface area contributed by atoms with Gasteiger partial charge in [-0.3, -0.25) is 4.79 Å². The van der Waals surface area contributed by atoms with E-state index in [4.69, 9.17) is 5.26 Å². The number of allylic oxidation sites excluding steroid dienone is 1. The Morgan fingerprint density at radius 1 is 1.59 bits per heavy atom. The number of hydrogen-bond acceptors (Lipinski definition) is 5. The summed E-state index contributed by atoms with van der Waals surface area (Å²) in [4.78, 5) is 13.8. The van der Waals surface area contributed by atoms with Crippen LogP contribution in [0.15, 0.2) is 12.2 Å². The fourth-order valence-corrected chi connectivity index (χ4v) is 1.75. The van der Waals surface area contributed by atoms with E-state index >= 15 is 0 Å². The highest BCUT2D eigenvalue weighted by molar-refractivity contribution is 5.94. The van der Waals surface area contributed by atoms with Gasteiger partial charge in [-0.05, 0) is 20.2 Å². The first-order valence-corrected chi connectivity index (χ1v) is 5.84. The average molecular weight is 236 g/mol. The van der Waals surface area contributed by atoms with Crippen LogP contribution in [0.2, 0.25) is 0 Å². The molecule has 0 aromatic heterocycles. The van der Waals surface area contributed by atoms with Crippen molar-refractivity contribution < 1.29 is 4.79 Å². The summed E-state index contributed by atoms with van der Waals surface area (Å²) in [5.74, 6) is -0.711. The van der Waals surface area contributed by atoms with Gasteiger partial charge in [-0.15, -0.1) is 0 Å². The zero-order chi connectivity index (χ0) is 12.7. The van der Waals surface area contributed by atoms with E-state index in [-0.39, 0.29) is 11.8 Å². The monoisotopic (exact) mass is 236 g/mol. The summed E-state index contributed by atoms with van der Waals surface area (Å²) in [5, 5.41) is 15.5. The number of nitriles is 1. The maximum absolute atomic E-state index is 11.9. The Hall–Kier alpha value is -1.22. The van der Waals surface area contributed by atoms with Crippen molar-refractivity contribution in [3.05, 3.63) is 12.2 Å². The lowest BCUT2D eigenvalue weighted by Crippen LogP contribution is -2.53. The minimum absolute atomic E-state index is 0.0785. The quantitative estimate of drug-likeness (QED) is 0.622. The normalized spacial score (nSPS) is 22.6. The van der Waals surface area contributed by atoms with Crippen molar-refractivity contribution in [2.75, 3.05) is 40.3 Å². The van der Waals surface area contributed by atoms with Gasteiger partial charge >= 0.3 is 0 Å². The maximum Gasteiger partial charge on any atom is 0.174 e. The third kappa shape index (κ3) is 4.65. The van der Waals surface area contributed by atoms with Crippen LogP contribution in [-0.2, 0) is 4.79 Å². The molecule has 2 N–H and O–H groups in total. The molecule has 0 aliphatic carbocycles. The first-order chi connectivity index (χ1) is 8.15. The van der Waals surface area contributed by atoms with Crippen molar-refractivity contribution in [3.63, 3.8) is 0 Å². The van der Waals surface area contributed by atoms with Crippen molar-refractivity contribution >= 4 is 5.78 Å². The van der Waals surface area contributed by atoms with Crippen LogP contribution in [0.4, 0.5) is 0 Å². The number of nitrogens with one attached hydrogen (secondary N) is 2. The molecule has 0 aromatic carbocycles. The molecule has 5 nitrogen and oxygen atoms in total. The van der Waals surface area contributed by atoms with Crippen molar-refractivity contribution in [2.45, 2.75) is 6.04 Å². The van der Waals surface area contributed by atoms with Gasteiger partial charge in [-0.1, -0.05) is 6.08 Å². The van der Waals surface area contributed by atoms with Gasteiger partial charge in [0.05, 0.1) is 6.07 Å². The number of likely N-dealkylation sites (N-methyl/N-ethyl adjacent to an activating group) is 1. The molecule has 0 saturated carbocycles. The molecule has 17 heavy (non-hydrogen) atoms. The fraction of sp³-hybridized carbons (Fsp3) is 0.667. The second-order valence-electron chi connectivity index (χ2n) is 4.44. The number of carbonyl (C=O) groups excluding carboxylic acids is 1. The minimum atomic E-state index is -0.596. The second kappa shape index (κ2) is 7.17. The molecule has 1 saturated heterocycles. The standard InChI is InChI=1S/C12H20N4O/c1-16(2)7-3-4-12(17)10(8-13)11-9-14-5-6-15-11/h3-4,10-11,14-15H,5-7,9H2,1-2H3. The number of piperazine rings is 1. The van der Waals surface area contributed by atoms with Crippen LogP contribution in [0.3, 0.4) is 0 Å². The van der Waals surface area contributed by atoms with E-state index < -0.39 is 5.92 Å². The lowest BCUT2D eigenvalue weighted by atomic mass is 9.95. The molecule has 2 unspecified atom stereocenters. The molecule has 1 aliphatic rings. The van der Waals surface area contributed by atoms with Gasteiger partial charge < -0.3 is 15.5 Å². The van der Waals surface area contributed by atoms with Gasteiger partial charge in [0.1, 0.15) is 5.92 Å². The predicted molar refractivity (Wildman–Crippen MR) is 66.5 cm³/mol. The van der Waals surface area contributed by atoms with Crippen molar-refractivity contribution in [2.24, 2.45) is 5.92 Å². The van der Waals surface area contributed by atoms with E-state index in [0.29, 0.717) is 13.1 Å². The smallest absolute Gasteiger partial charge is 0.174 e. The van der Waals surface area contributed by atoms with Crippen molar-refractivity contribution in [1.82, 2.24) is 15.5 Å². The number of ketones is 1. The van der Waals surface area contributed by atoms with E-state index in [1.807, 2.05) is 19.0 Å². The van der Waals surface area contributed by atoms with Crippen LogP contribution in [0.5, 0.6) is 0 Å². The molecule has 5 heteroatoms. The molecule has 0 aromatic rings. The molecular weight excluding hydrogens is 216 g/mol. The van der Waals surface area contributed by atoms with E-state index in [1.165, 1.54) is 6.08 Å². The Labute approximate surface area is 102 Å². The molecule has 0 radical (unpaired) electrons. The average Bonchev–Trinajstić information content (AvgIpc) is 2.31. The van der Waals surface area contributed by atoms with Crippen molar-refractivity contribution in [3.8, 4) is 6.07 Å². The second-order valence-corrected chi connectivity index (χ2v) is 4.44. The highest BCUT2D eigenvalue weighted by Crippen LogP contribution is 2.07. The molecular formula is C12H20N4O. The van der Waals surface area contributed by atoms with Crippen LogP contribution >= 0.6 is 0 Å². The van der Waals surface area contributed by atoms with Gasteiger partial charge in [-0.25, -0.2) is 0 Å². The van der Waals surface area contributed by atoms with Crippen LogP contribution in [0.25, 0.3) is 0 Å². The van der Waals surface area contributed by atoms with Crippen LogP contribution in [-0.4, -0.2) is 57.0 Å². The van der Waals surface area contributed by atoms with Crippen LogP contribution in [0, 0.1) is 17.2 Å². The lowest BCUT2D eigenvalue weighted by Gasteiger charge is -2.26. The third-order valence-electron chi connectivity index (χ3n) is 2.67. The first kappa shape index (κ1) is 13.8. The summed E-state index contributed by atoms with van der Waals surface area (Å²) in [7, 11) is 3.87. The first-order valence-electron chi connectivity index (χ1n) is 5.84. The molecule has 1 aliphatic heterocycles. The summed E-state index contributed by atoms with van der Waals surface area (Å²) in [6.45, 7) is 3.07. The minimum Gasteiger partial charge on any atom is -0.314 e. The van der Waals surface area contributed by atoms with Crippen LogP contribution in [0.1, 0.15) is 0 Å². The summed E-state index contributed by atoms with van der Waals surface area (Å²) >= 11 is 0. The number of hydrogen-bond donors (Lipinski definition) is 2. The largest absolute Gasteiger partial charge is 0.314 e. The molecule has 1 fully saturated rings. The molecule has 0 bridgehead atoms. The SMILES string of the molecule is CN(C)CC=CC(=O)C(C#N)C1CNCCN1. The highest BCUT2D eigenvalue weighted by Gasteiger charge is 2.27. The van der Waals surface area contributed by atoms with E-state index in [2.05, 4.69) is 16.7 Å².